The molecular weight excluding hydrogens is 394 g/mol. The van der Waals surface area contributed by atoms with Gasteiger partial charge in [-0.25, -0.2) is 13.4 Å². The lowest BCUT2D eigenvalue weighted by molar-refractivity contribution is -0.641. The maximum Gasteiger partial charge on any atom is 0.232 e. The van der Waals surface area contributed by atoms with Gasteiger partial charge in [0.1, 0.15) is 17.6 Å². The highest BCUT2D eigenvalue weighted by Gasteiger charge is 2.20. The zero-order valence-corrected chi connectivity index (χ0v) is 17.3. The predicted octanol–water partition coefficient (Wildman–Crippen LogP) is 1.84. The van der Waals surface area contributed by atoms with E-state index in [-0.39, 0.29) is 12.7 Å². The number of para-hydroxylation sites is 2. The Morgan fingerprint density at radius 2 is 1.97 bits per heavy atom. The summed E-state index contributed by atoms with van der Waals surface area (Å²) in [6.45, 7) is 7.02. The lowest BCUT2D eigenvalue weighted by Crippen LogP contribution is -2.36. The Balaban J connectivity index is 0.000000298. The van der Waals surface area contributed by atoms with Gasteiger partial charge >= 0.3 is 0 Å². The van der Waals surface area contributed by atoms with Crippen molar-refractivity contribution in [2.45, 2.75) is 26.5 Å². The molecule has 0 amide bonds. The van der Waals surface area contributed by atoms with Crippen LogP contribution in [-0.2, 0) is 25.9 Å². The average molecular weight is 420 g/mol. The van der Waals surface area contributed by atoms with Crippen molar-refractivity contribution in [2.75, 3.05) is 26.3 Å². The molecule has 0 spiro atoms. The van der Waals surface area contributed by atoms with Gasteiger partial charge in [-0.3, -0.25) is 4.18 Å². The number of morpholine rings is 1. The summed E-state index contributed by atoms with van der Waals surface area (Å²) >= 11 is 0. The van der Waals surface area contributed by atoms with E-state index in [0.717, 1.165) is 37.3 Å². The van der Waals surface area contributed by atoms with Crippen molar-refractivity contribution in [3.05, 3.63) is 48.0 Å². The lowest BCUT2D eigenvalue weighted by atomic mass is 10.1. The van der Waals surface area contributed by atoms with Crippen LogP contribution in [0.4, 0.5) is 0 Å². The molecule has 2 heterocycles. The fraction of sp³-hybridized carbons (Fsp3) is 0.400. The molecule has 1 aromatic heterocycles. The molecular formula is C20H25N3O5S. The van der Waals surface area contributed by atoms with E-state index < -0.39 is 10.4 Å². The second-order valence-electron chi connectivity index (χ2n) is 6.47. The third-order valence-electron chi connectivity index (χ3n) is 4.58. The molecule has 156 valence electrons. The van der Waals surface area contributed by atoms with Crippen LogP contribution in [0.3, 0.4) is 0 Å². The van der Waals surface area contributed by atoms with Crippen molar-refractivity contribution in [3.63, 3.8) is 0 Å². The van der Waals surface area contributed by atoms with Crippen LogP contribution in [-0.4, -0.2) is 44.3 Å². The Bertz CT molecular complexity index is 1080. The number of aromatic nitrogens is 2. The first-order valence-electron chi connectivity index (χ1n) is 9.57. The number of nitrogens with one attached hydrogen (secondary N) is 1. The van der Waals surface area contributed by atoms with E-state index in [1.54, 1.807) is 0 Å². The van der Waals surface area contributed by atoms with Crippen LogP contribution in [0.15, 0.2) is 42.5 Å². The van der Waals surface area contributed by atoms with E-state index in [1.807, 2.05) is 6.07 Å². The quantitative estimate of drug-likeness (QED) is 0.298. The molecule has 1 fully saturated rings. The van der Waals surface area contributed by atoms with E-state index in [4.69, 9.17) is 9.72 Å². The summed E-state index contributed by atoms with van der Waals surface area (Å²) < 4.78 is 40.2. The molecule has 8 nitrogen and oxygen atoms in total. The fourth-order valence-corrected chi connectivity index (χ4v) is 3.65. The lowest BCUT2D eigenvalue weighted by Gasteiger charge is -2.23. The van der Waals surface area contributed by atoms with Crippen LogP contribution in [0.2, 0.25) is 0 Å². The molecule has 1 atom stereocenters. The highest BCUT2D eigenvalue weighted by Crippen LogP contribution is 2.23. The Labute approximate surface area is 170 Å². The van der Waals surface area contributed by atoms with Crippen LogP contribution in [0.5, 0.6) is 0 Å². The second-order valence-corrected chi connectivity index (χ2v) is 7.52. The number of hydrogen-bond acceptors (Lipinski definition) is 7. The Kier molecular flexibility index (Phi) is 7.09. The summed E-state index contributed by atoms with van der Waals surface area (Å²) in [5.74, 6) is 0. The molecule has 4 rings (SSSR count). The molecule has 2 aromatic carbocycles. The van der Waals surface area contributed by atoms with Crippen LogP contribution in [0.1, 0.15) is 25.5 Å². The van der Waals surface area contributed by atoms with Crippen LogP contribution in [0, 0.1) is 0 Å². The molecule has 9 heteroatoms. The third kappa shape index (κ3) is 5.46. The summed E-state index contributed by atoms with van der Waals surface area (Å²) in [7, 11) is -4.42. The number of ether oxygens (including phenoxy) is 1. The molecule has 0 aliphatic carbocycles. The molecule has 0 bridgehead atoms. The summed E-state index contributed by atoms with van der Waals surface area (Å²) in [6.07, 6.45) is 0.134. The molecule has 1 unspecified atom stereocenters. The predicted molar refractivity (Wildman–Crippen MR) is 108 cm³/mol. The van der Waals surface area contributed by atoms with Crippen LogP contribution >= 0.6 is 0 Å². The first kappa shape index (κ1) is 21.5. The number of rotatable bonds is 4. The third-order valence-corrected chi connectivity index (χ3v) is 5.11. The van der Waals surface area contributed by atoms with Gasteiger partial charge in [0.25, 0.3) is 0 Å². The number of benzene rings is 2. The monoisotopic (exact) mass is 419 g/mol. The van der Waals surface area contributed by atoms with Crippen molar-refractivity contribution >= 4 is 32.5 Å². The van der Waals surface area contributed by atoms with Gasteiger partial charge in [0.2, 0.25) is 21.4 Å². The molecule has 1 aliphatic heterocycles. The number of nitrogens with zero attached hydrogens (tertiary/aromatic N) is 2. The maximum absolute atomic E-state index is 9.45. The standard InChI is InChI=1S/C18H20N3O.C2H6O4S/c1-2-21-16-6-4-3-5-14(16)20-15-8-7-13(11-17(15)21)18-12-19-9-10-22-18;1-2-6-7(3,4)5/h3-8,11,18-19H,2,9-10,12H2,1H3;2H2,1H3,(H,3,4,5)/q+1;/p-1. The highest BCUT2D eigenvalue weighted by molar-refractivity contribution is 7.80. The minimum atomic E-state index is -4.42. The molecule has 1 N–H and O–H groups in total. The van der Waals surface area contributed by atoms with E-state index in [0.29, 0.717) is 0 Å². The van der Waals surface area contributed by atoms with Crippen LogP contribution in [0.25, 0.3) is 22.1 Å². The minimum absolute atomic E-state index is 0.0914. The smallest absolute Gasteiger partial charge is 0.232 e. The normalized spacial score (nSPS) is 17.1. The molecule has 29 heavy (non-hydrogen) atoms. The van der Waals surface area contributed by atoms with E-state index in [1.165, 1.54) is 23.5 Å². The van der Waals surface area contributed by atoms with E-state index in [9.17, 15) is 13.0 Å². The van der Waals surface area contributed by atoms with Crippen molar-refractivity contribution in [1.29, 1.82) is 0 Å². The first-order chi connectivity index (χ1) is 13.9. The van der Waals surface area contributed by atoms with Crippen LogP contribution < -0.4 is 9.88 Å². The van der Waals surface area contributed by atoms with Gasteiger partial charge in [-0.15, -0.1) is 0 Å². The van der Waals surface area contributed by atoms with Gasteiger partial charge in [-0.2, -0.15) is 4.57 Å². The van der Waals surface area contributed by atoms with Gasteiger partial charge in [-0.05, 0) is 31.5 Å². The van der Waals surface area contributed by atoms with Crippen molar-refractivity contribution < 1.29 is 26.5 Å². The summed E-state index contributed by atoms with van der Waals surface area (Å²) in [5.41, 5.74) is 5.65. The molecule has 0 saturated carbocycles. The average Bonchev–Trinajstić information content (AvgIpc) is 2.72. The molecule has 3 aromatic rings. The van der Waals surface area contributed by atoms with Crippen molar-refractivity contribution in [3.8, 4) is 0 Å². The van der Waals surface area contributed by atoms with Crippen molar-refractivity contribution in [1.82, 2.24) is 10.3 Å². The SMILES string of the molecule is CCOS(=O)(=O)[O-].CC[n+]1c2ccccc2nc2ccc(C3CNCCO3)cc21. The highest BCUT2D eigenvalue weighted by atomic mass is 32.3. The fourth-order valence-electron chi connectivity index (χ4n) is 3.36. The summed E-state index contributed by atoms with van der Waals surface area (Å²) in [4.78, 5) is 4.80. The summed E-state index contributed by atoms with van der Waals surface area (Å²) in [5, 5.41) is 3.39. The zero-order valence-electron chi connectivity index (χ0n) is 16.5. The van der Waals surface area contributed by atoms with Gasteiger partial charge < -0.3 is 14.6 Å². The Morgan fingerprint density at radius 3 is 2.59 bits per heavy atom. The van der Waals surface area contributed by atoms with Gasteiger partial charge in [-0.1, -0.05) is 18.2 Å². The van der Waals surface area contributed by atoms with E-state index in [2.05, 4.69) is 57.4 Å². The number of fused-ring (bicyclic) bond motifs is 2. The number of aryl methyl sites for hydroxylation is 1. The molecule has 0 radical (unpaired) electrons. The second kappa shape index (κ2) is 9.55. The van der Waals surface area contributed by atoms with Gasteiger partial charge in [0, 0.05) is 25.2 Å². The molecule has 1 saturated heterocycles. The number of hydrogen-bond donors (Lipinski definition) is 1. The van der Waals surface area contributed by atoms with Crippen molar-refractivity contribution in [2.24, 2.45) is 0 Å². The Morgan fingerprint density at radius 1 is 1.21 bits per heavy atom. The molecule has 1 aliphatic rings. The van der Waals surface area contributed by atoms with E-state index >= 15 is 0 Å². The first-order valence-corrected chi connectivity index (χ1v) is 10.9. The van der Waals surface area contributed by atoms with Gasteiger partial charge in [0.05, 0.1) is 19.3 Å². The Hall–Kier alpha value is -2.17. The minimum Gasteiger partial charge on any atom is -0.726 e. The maximum atomic E-state index is 9.45. The summed E-state index contributed by atoms with van der Waals surface area (Å²) in [6, 6.07) is 14.8. The largest absolute Gasteiger partial charge is 0.726 e. The zero-order chi connectivity index (χ0) is 20.9. The van der Waals surface area contributed by atoms with Gasteiger partial charge in [0.15, 0.2) is 0 Å². The topological polar surface area (TPSA) is 104 Å².